The minimum Gasteiger partial charge on any atom is -0.478 e. The zero-order chi connectivity index (χ0) is 21.1. The van der Waals surface area contributed by atoms with E-state index in [1.807, 2.05) is 47.0 Å². The number of benzene rings is 2. The van der Waals surface area contributed by atoms with Crippen LogP contribution >= 0.6 is 0 Å². The van der Waals surface area contributed by atoms with Crippen LogP contribution in [0, 0.1) is 0 Å². The number of hydrogen-bond acceptors (Lipinski definition) is 3. The third-order valence-electron chi connectivity index (χ3n) is 5.42. The summed E-state index contributed by atoms with van der Waals surface area (Å²) in [6, 6.07) is 14.8. The lowest BCUT2D eigenvalue weighted by atomic mass is 9.98. The summed E-state index contributed by atoms with van der Waals surface area (Å²) in [5.74, 6) is 0.0369. The normalized spacial score (nSPS) is 13.6. The Morgan fingerprint density at radius 1 is 1.13 bits per heavy atom. The minimum absolute atomic E-state index is 0.159. The number of carbonyl (C=O) groups is 2. The monoisotopic (exact) mass is 400 g/mol. The van der Waals surface area contributed by atoms with E-state index in [0.29, 0.717) is 18.5 Å². The van der Waals surface area contributed by atoms with Gasteiger partial charge in [0.25, 0.3) is 0 Å². The Labute approximate surface area is 175 Å². The molecule has 1 aliphatic carbocycles. The molecule has 5 heteroatoms. The summed E-state index contributed by atoms with van der Waals surface area (Å²) >= 11 is 0. The maximum absolute atomic E-state index is 12.6. The first kappa shape index (κ1) is 19.8. The highest BCUT2D eigenvalue weighted by atomic mass is 16.4. The average Bonchev–Trinajstić information content (AvgIpc) is 3.11. The first-order chi connectivity index (χ1) is 14.6. The van der Waals surface area contributed by atoms with E-state index in [-0.39, 0.29) is 11.3 Å². The molecule has 5 nitrogen and oxygen atoms in total. The quantitative estimate of drug-likeness (QED) is 0.614. The molecule has 3 aromatic rings. The molecule has 0 atom stereocenters. The number of aryl methyl sites for hydroxylation is 1. The van der Waals surface area contributed by atoms with E-state index in [1.165, 1.54) is 0 Å². The molecule has 0 saturated carbocycles. The fourth-order valence-corrected chi connectivity index (χ4v) is 3.95. The van der Waals surface area contributed by atoms with Crippen LogP contribution in [0.5, 0.6) is 0 Å². The standard InChI is InChI=1S/C25H24N2O3/c1-2-3-11-23-26-21-9-6-10-22(28)24(21)27(23)16-17-12-14-18(15-13-17)19-7-4-5-8-20(19)25(29)30/h3-5,7-8,11-15H,2,6,9-10,16H2,1H3,(H,29,30). The molecular weight excluding hydrogens is 376 g/mol. The van der Waals surface area contributed by atoms with E-state index in [2.05, 4.69) is 13.0 Å². The first-order valence-corrected chi connectivity index (χ1v) is 10.3. The molecule has 1 aliphatic rings. The van der Waals surface area contributed by atoms with Crippen molar-refractivity contribution in [2.45, 2.75) is 39.2 Å². The molecule has 0 amide bonds. The van der Waals surface area contributed by atoms with Crippen LogP contribution in [0.2, 0.25) is 0 Å². The molecule has 152 valence electrons. The van der Waals surface area contributed by atoms with Crippen molar-refractivity contribution in [3.63, 3.8) is 0 Å². The summed E-state index contributed by atoms with van der Waals surface area (Å²) in [7, 11) is 0. The summed E-state index contributed by atoms with van der Waals surface area (Å²) in [6.45, 7) is 2.63. The second-order valence-corrected chi connectivity index (χ2v) is 7.49. The lowest BCUT2D eigenvalue weighted by Crippen LogP contribution is -2.16. The fraction of sp³-hybridized carbons (Fsp3) is 0.240. The molecule has 30 heavy (non-hydrogen) atoms. The Kier molecular flexibility index (Phi) is 5.61. The van der Waals surface area contributed by atoms with Gasteiger partial charge in [0.05, 0.1) is 11.3 Å². The summed E-state index contributed by atoms with van der Waals surface area (Å²) in [6.07, 6.45) is 7.22. The highest BCUT2D eigenvalue weighted by molar-refractivity contribution is 5.97. The van der Waals surface area contributed by atoms with Gasteiger partial charge in [-0.15, -0.1) is 0 Å². The van der Waals surface area contributed by atoms with Crippen LogP contribution in [0.15, 0.2) is 54.6 Å². The van der Waals surface area contributed by atoms with Gasteiger partial charge in [-0.25, -0.2) is 9.78 Å². The molecule has 0 saturated heterocycles. The number of carboxylic acids is 1. The number of allylic oxidation sites excluding steroid dienone is 1. The number of aromatic carboxylic acids is 1. The third-order valence-corrected chi connectivity index (χ3v) is 5.42. The average molecular weight is 400 g/mol. The molecule has 0 bridgehead atoms. The number of carbonyl (C=O) groups excluding carboxylic acids is 1. The Morgan fingerprint density at radius 3 is 2.63 bits per heavy atom. The van der Waals surface area contributed by atoms with Crippen LogP contribution in [-0.2, 0) is 13.0 Å². The third kappa shape index (κ3) is 3.83. The van der Waals surface area contributed by atoms with E-state index in [9.17, 15) is 14.7 Å². The molecule has 0 spiro atoms. The van der Waals surface area contributed by atoms with E-state index in [1.54, 1.807) is 12.1 Å². The number of rotatable bonds is 6. The summed E-state index contributed by atoms with van der Waals surface area (Å²) in [5.41, 5.74) is 4.50. The molecule has 2 aromatic carbocycles. The van der Waals surface area contributed by atoms with Crippen molar-refractivity contribution >= 4 is 17.8 Å². The van der Waals surface area contributed by atoms with Crippen molar-refractivity contribution in [1.82, 2.24) is 9.55 Å². The van der Waals surface area contributed by atoms with Crippen LogP contribution in [0.25, 0.3) is 17.2 Å². The molecule has 4 rings (SSSR count). The van der Waals surface area contributed by atoms with Crippen LogP contribution < -0.4 is 0 Å². The molecule has 0 fully saturated rings. The van der Waals surface area contributed by atoms with Gasteiger partial charge < -0.3 is 9.67 Å². The van der Waals surface area contributed by atoms with Gasteiger partial charge in [0.2, 0.25) is 0 Å². The van der Waals surface area contributed by atoms with Gasteiger partial charge in [-0.3, -0.25) is 4.79 Å². The minimum atomic E-state index is -0.939. The van der Waals surface area contributed by atoms with Crippen molar-refractivity contribution in [2.24, 2.45) is 0 Å². The van der Waals surface area contributed by atoms with Crippen molar-refractivity contribution in [2.75, 3.05) is 0 Å². The van der Waals surface area contributed by atoms with Crippen LogP contribution in [-0.4, -0.2) is 26.4 Å². The Hall–Kier alpha value is -3.47. The topological polar surface area (TPSA) is 72.2 Å². The number of Topliss-reactive ketones (excluding diaryl/α,β-unsaturated/α-hetero) is 1. The predicted molar refractivity (Wildman–Crippen MR) is 117 cm³/mol. The highest BCUT2D eigenvalue weighted by Crippen LogP contribution is 2.27. The maximum atomic E-state index is 12.6. The fourth-order valence-electron chi connectivity index (χ4n) is 3.95. The van der Waals surface area contributed by atoms with Gasteiger partial charge >= 0.3 is 5.97 Å². The van der Waals surface area contributed by atoms with Crippen molar-refractivity contribution in [3.05, 3.63) is 82.9 Å². The van der Waals surface area contributed by atoms with Gasteiger partial charge in [-0.05, 0) is 48.1 Å². The molecule has 1 heterocycles. The molecule has 0 radical (unpaired) electrons. The van der Waals surface area contributed by atoms with Gasteiger partial charge in [0.1, 0.15) is 11.5 Å². The van der Waals surface area contributed by atoms with Gasteiger partial charge in [0.15, 0.2) is 5.78 Å². The van der Waals surface area contributed by atoms with Crippen LogP contribution in [0.4, 0.5) is 0 Å². The van der Waals surface area contributed by atoms with Crippen LogP contribution in [0.1, 0.15) is 64.1 Å². The van der Waals surface area contributed by atoms with Gasteiger partial charge in [0, 0.05) is 13.0 Å². The molecule has 1 N–H and O–H groups in total. The number of hydrogen-bond donors (Lipinski definition) is 1. The summed E-state index contributed by atoms with van der Waals surface area (Å²) < 4.78 is 2.02. The molecule has 0 unspecified atom stereocenters. The number of carboxylic acid groups (broad SMARTS) is 1. The van der Waals surface area contributed by atoms with E-state index in [0.717, 1.165) is 47.6 Å². The number of fused-ring (bicyclic) bond motifs is 1. The largest absolute Gasteiger partial charge is 0.478 e. The van der Waals surface area contributed by atoms with E-state index < -0.39 is 5.97 Å². The molecular formula is C25H24N2O3. The Bertz CT molecular complexity index is 1120. The summed E-state index contributed by atoms with van der Waals surface area (Å²) in [4.78, 5) is 28.8. The van der Waals surface area contributed by atoms with E-state index in [4.69, 9.17) is 4.98 Å². The maximum Gasteiger partial charge on any atom is 0.336 e. The smallest absolute Gasteiger partial charge is 0.336 e. The Morgan fingerprint density at radius 2 is 1.90 bits per heavy atom. The Balaban J connectivity index is 1.68. The number of ketones is 1. The molecule has 0 aliphatic heterocycles. The second-order valence-electron chi connectivity index (χ2n) is 7.49. The highest BCUT2D eigenvalue weighted by Gasteiger charge is 2.25. The lowest BCUT2D eigenvalue weighted by Gasteiger charge is -2.14. The second kappa shape index (κ2) is 8.49. The number of aromatic nitrogens is 2. The first-order valence-electron chi connectivity index (χ1n) is 10.3. The number of imidazole rings is 1. The molecule has 1 aromatic heterocycles. The predicted octanol–water partition coefficient (Wildman–Crippen LogP) is 5.24. The summed E-state index contributed by atoms with van der Waals surface area (Å²) in [5, 5.41) is 9.44. The van der Waals surface area contributed by atoms with E-state index >= 15 is 0 Å². The van der Waals surface area contributed by atoms with Crippen molar-refractivity contribution in [1.29, 1.82) is 0 Å². The van der Waals surface area contributed by atoms with Crippen LogP contribution in [0.3, 0.4) is 0 Å². The van der Waals surface area contributed by atoms with Crippen molar-refractivity contribution < 1.29 is 14.7 Å². The zero-order valence-electron chi connectivity index (χ0n) is 17.0. The van der Waals surface area contributed by atoms with Crippen molar-refractivity contribution in [3.8, 4) is 11.1 Å². The SMILES string of the molecule is CCC=Cc1nc2c(n1Cc1ccc(-c3ccccc3C(=O)O)cc1)C(=O)CCC2. The lowest BCUT2D eigenvalue weighted by molar-refractivity contribution is 0.0697. The number of nitrogens with zero attached hydrogens (tertiary/aromatic N) is 2. The van der Waals surface area contributed by atoms with Gasteiger partial charge in [-0.1, -0.05) is 55.5 Å². The zero-order valence-corrected chi connectivity index (χ0v) is 17.0. The van der Waals surface area contributed by atoms with Gasteiger partial charge in [-0.2, -0.15) is 0 Å².